The van der Waals surface area contributed by atoms with Gasteiger partial charge in [0.15, 0.2) is 0 Å². The molecule has 1 aromatic carbocycles. The van der Waals surface area contributed by atoms with Crippen LogP contribution in [0.2, 0.25) is 5.02 Å². The largest absolute Gasteiger partial charge is 0.367 e. The summed E-state index contributed by atoms with van der Waals surface area (Å²) >= 11 is 9.35. The van der Waals surface area contributed by atoms with Crippen molar-refractivity contribution >= 4 is 50.5 Å². The van der Waals surface area contributed by atoms with E-state index in [1.807, 2.05) is 0 Å². The van der Waals surface area contributed by atoms with Gasteiger partial charge in [0.1, 0.15) is 6.33 Å². The fourth-order valence-corrected chi connectivity index (χ4v) is 2.07. The third-order valence-corrected chi connectivity index (χ3v) is 3.25. The summed E-state index contributed by atoms with van der Waals surface area (Å²) in [6.45, 7) is 0. The second kappa shape index (κ2) is 6.02. The van der Waals surface area contributed by atoms with Crippen molar-refractivity contribution < 1.29 is 4.92 Å². The standard InChI is InChI=1S/C11H9BrClN5O2/c1-14-10-9(18(19)20)11(16-5-15-10)17-8-4-6(12)2-3-7(8)13/h2-5H,1H3,(H2,14,15,16,17). The van der Waals surface area contributed by atoms with E-state index < -0.39 is 4.92 Å². The summed E-state index contributed by atoms with van der Waals surface area (Å²) in [5.41, 5.74) is 0.260. The van der Waals surface area contributed by atoms with Gasteiger partial charge in [-0.1, -0.05) is 27.5 Å². The highest BCUT2D eigenvalue weighted by Crippen LogP contribution is 2.34. The molecule has 0 bridgehead atoms. The molecule has 2 aromatic rings. The zero-order valence-electron chi connectivity index (χ0n) is 10.2. The molecule has 20 heavy (non-hydrogen) atoms. The number of nitrogens with zero attached hydrogens (tertiary/aromatic N) is 3. The number of nitrogens with one attached hydrogen (secondary N) is 2. The minimum atomic E-state index is -0.555. The molecule has 0 unspecified atom stereocenters. The maximum Gasteiger partial charge on any atom is 0.353 e. The van der Waals surface area contributed by atoms with Gasteiger partial charge in [0.05, 0.1) is 15.6 Å². The molecule has 0 saturated heterocycles. The van der Waals surface area contributed by atoms with Crippen LogP contribution in [0.3, 0.4) is 0 Å². The first-order valence-corrected chi connectivity index (χ1v) is 6.59. The molecular formula is C11H9BrClN5O2. The summed E-state index contributed by atoms with van der Waals surface area (Å²) in [5.74, 6) is 0.188. The van der Waals surface area contributed by atoms with Crippen molar-refractivity contribution in [3.05, 3.63) is 44.1 Å². The lowest BCUT2D eigenvalue weighted by atomic mass is 10.3. The number of anilines is 3. The molecule has 1 aromatic heterocycles. The number of hydrogen-bond donors (Lipinski definition) is 2. The van der Waals surface area contributed by atoms with Crippen LogP contribution < -0.4 is 10.6 Å². The summed E-state index contributed by atoms with van der Waals surface area (Å²) in [7, 11) is 1.55. The smallest absolute Gasteiger partial charge is 0.353 e. The molecule has 9 heteroatoms. The Morgan fingerprint density at radius 2 is 2.05 bits per heavy atom. The minimum Gasteiger partial charge on any atom is -0.367 e. The van der Waals surface area contributed by atoms with E-state index in [9.17, 15) is 10.1 Å². The van der Waals surface area contributed by atoms with E-state index in [1.54, 1.807) is 25.2 Å². The van der Waals surface area contributed by atoms with Gasteiger partial charge < -0.3 is 10.6 Å². The van der Waals surface area contributed by atoms with Crippen molar-refractivity contribution in [2.24, 2.45) is 0 Å². The summed E-state index contributed by atoms with van der Waals surface area (Å²) in [5, 5.41) is 17.1. The number of halogens is 2. The van der Waals surface area contributed by atoms with E-state index in [4.69, 9.17) is 11.6 Å². The normalized spacial score (nSPS) is 10.2. The molecule has 104 valence electrons. The molecule has 0 aliphatic carbocycles. The second-order valence-corrected chi connectivity index (χ2v) is 5.00. The summed E-state index contributed by atoms with van der Waals surface area (Å²) in [6, 6.07) is 5.13. The molecule has 0 atom stereocenters. The fourth-order valence-electron chi connectivity index (χ4n) is 1.55. The first-order valence-electron chi connectivity index (χ1n) is 5.42. The predicted molar refractivity (Wildman–Crippen MR) is 80.7 cm³/mol. The topological polar surface area (TPSA) is 93.0 Å². The molecule has 0 spiro atoms. The molecule has 0 fully saturated rings. The van der Waals surface area contributed by atoms with Crippen molar-refractivity contribution in [2.45, 2.75) is 0 Å². The Morgan fingerprint density at radius 3 is 2.70 bits per heavy atom. The van der Waals surface area contributed by atoms with Crippen molar-refractivity contribution in [1.29, 1.82) is 0 Å². The Labute approximate surface area is 127 Å². The lowest BCUT2D eigenvalue weighted by Crippen LogP contribution is -2.05. The average Bonchev–Trinajstić information content (AvgIpc) is 2.42. The van der Waals surface area contributed by atoms with E-state index >= 15 is 0 Å². The van der Waals surface area contributed by atoms with Gasteiger partial charge in [-0.15, -0.1) is 0 Å². The van der Waals surface area contributed by atoms with E-state index in [0.29, 0.717) is 10.7 Å². The van der Waals surface area contributed by atoms with Crippen LogP contribution in [-0.4, -0.2) is 21.9 Å². The van der Waals surface area contributed by atoms with Crippen LogP contribution in [0.25, 0.3) is 0 Å². The summed E-state index contributed by atoms with van der Waals surface area (Å²) < 4.78 is 0.787. The van der Waals surface area contributed by atoms with E-state index in [2.05, 4.69) is 36.5 Å². The first-order chi connectivity index (χ1) is 9.52. The molecule has 0 aliphatic rings. The number of rotatable bonds is 4. The van der Waals surface area contributed by atoms with Crippen LogP contribution in [0.1, 0.15) is 0 Å². The van der Waals surface area contributed by atoms with Crippen LogP contribution in [0.5, 0.6) is 0 Å². The van der Waals surface area contributed by atoms with Gasteiger partial charge in [0, 0.05) is 11.5 Å². The summed E-state index contributed by atoms with van der Waals surface area (Å²) in [6.07, 6.45) is 1.23. The Kier molecular flexibility index (Phi) is 4.35. The monoisotopic (exact) mass is 357 g/mol. The molecule has 2 rings (SSSR count). The SMILES string of the molecule is CNc1ncnc(Nc2cc(Br)ccc2Cl)c1[N+](=O)[O-]. The molecular weight excluding hydrogens is 350 g/mol. The highest BCUT2D eigenvalue weighted by molar-refractivity contribution is 9.10. The molecule has 2 N–H and O–H groups in total. The molecule has 0 saturated carbocycles. The van der Waals surface area contributed by atoms with Crippen molar-refractivity contribution in [3.8, 4) is 0 Å². The molecule has 0 radical (unpaired) electrons. The van der Waals surface area contributed by atoms with Crippen molar-refractivity contribution in [3.63, 3.8) is 0 Å². The van der Waals surface area contributed by atoms with E-state index in [-0.39, 0.29) is 17.3 Å². The molecule has 7 nitrogen and oxygen atoms in total. The van der Waals surface area contributed by atoms with Gasteiger partial charge >= 0.3 is 5.69 Å². The summed E-state index contributed by atoms with van der Waals surface area (Å²) in [4.78, 5) is 18.3. The second-order valence-electron chi connectivity index (χ2n) is 3.68. The predicted octanol–water partition coefficient (Wildman–Crippen LogP) is 3.59. The molecule has 0 amide bonds. The lowest BCUT2D eigenvalue weighted by Gasteiger charge is -2.09. The van der Waals surface area contributed by atoms with Crippen molar-refractivity contribution in [2.75, 3.05) is 17.7 Å². The van der Waals surface area contributed by atoms with Gasteiger partial charge in [-0.2, -0.15) is 0 Å². The fraction of sp³-hybridized carbons (Fsp3) is 0.0909. The highest BCUT2D eigenvalue weighted by Gasteiger charge is 2.22. The Morgan fingerprint density at radius 1 is 1.35 bits per heavy atom. The average molecular weight is 359 g/mol. The number of aromatic nitrogens is 2. The maximum atomic E-state index is 11.1. The lowest BCUT2D eigenvalue weighted by molar-refractivity contribution is -0.383. The van der Waals surface area contributed by atoms with Crippen molar-refractivity contribution in [1.82, 2.24) is 9.97 Å². The maximum absolute atomic E-state index is 11.1. The Balaban J connectivity index is 2.48. The third-order valence-electron chi connectivity index (χ3n) is 2.42. The Hall–Kier alpha value is -1.93. The third kappa shape index (κ3) is 2.97. The van der Waals surface area contributed by atoms with Crippen LogP contribution in [0.15, 0.2) is 29.0 Å². The van der Waals surface area contributed by atoms with Crippen LogP contribution in [0.4, 0.5) is 23.0 Å². The zero-order valence-corrected chi connectivity index (χ0v) is 12.6. The first kappa shape index (κ1) is 14.5. The number of nitro groups is 1. The number of benzene rings is 1. The quantitative estimate of drug-likeness (QED) is 0.641. The minimum absolute atomic E-state index is 0.0642. The van der Waals surface area contributed by atoms with Gasteiger partial charge in [0.2, 0.25) is 11.6 Å². The van der Waals surface area contributed by atoms with Gasteiger partial charge in [-0.3, -0.25) is 10.1 Å². The van der Waals surface area contributed by atoms with Crippen LogP contribution >= 0.6 is 27.5 Å². The molecule has 1 heterocycles. The zero-order chi connectivity index (χ0) is 14.7. The van der Waals surface area contributed by atoms with Gasteiger partial charge in [-0.05, 0) is 18.2 Å². The number of hydrogen-bond acceptors (Lipinski definition) is 6. The van der Waals surface area contributed by atoms with Crippen LogP contribution in [0, 0.1) is 10.1 Å². The molecule has 0 aliphatic heterocycles. The van der Waals surface area contributed by atoms with Gasteiger partial charge in [0.25, 0.3) is 0 Å². The Bertz CT molecular complexity index is 667. The van der Waals surface area contributed by atoms with E-state index in [1.165, 1.54) is 6.33 Å². The van der Waals surface area contributed by atoms with E-state index in [0.717, 1.165) is 4.47 Å². The highest BCUT2D eigenvalue weighted by atomic mass is 79.9. The van der Waals surface area contributed by atoms with Gasteiger partial charge in [-0.25, -0.2) is 9.97 Å². The van der Waals surface area contributed by atoms with Crippen LogP contribution in [-0.2, 0) is 0 Å².